The minimum atomic E-state index is -1.40. The van der Waals surface area contributed by atoms with Gasteiger partial charge in [0, 0.05) is 12.2 Å². The van der Waals surface area contributed by atoms with Crippen molar-refractivity contribution in [3.05, 3.63) is 89.6 Å². The molecule has 0 spiro atoms. The number of carboxylic acid groups (broad SMARTS) is 1. The molecule has 0 radical (unpaired) electrons. The molecule has 0 atom stereocenters. The van der Waals surface area contributed by atoms with Crippen LogP contribution in [0.5, 0.6) is 5.75 Å². The number of carbonyl (C=O) groups is 3. The zero-order chi connectivity index (χ0) is 23.5. The van der Waals surface area contributed by atoms with Gasteiger partial charge in [0.25, 0.3) is 11.7 Å². The van der Waals surface area contributed by atoms with Crippen LogP contribution in [0.1, 0.15) is 21.6 Å². The van der Waals surface area contributed by atoms with E-state index in [4.69, 9.17) is 10.5 Å². The van der Waals surface area contributed by atoms with Crippen LogP contribution in [0.2, 0.25) is 0 Å². The summed E-state index contributed by atoms with van der Waals surface area (Å²) in [7, 11) is 0. The van der Waals surface area contributed by atoms with Crippen molar-refractivity contribution in [2.45, 2.75) is 13.5 Å². The first kappa shape index (κ1) is 25.2. The van der Waals surface area contributed by atoms with Gasteiger partial charge < -0.3 is 24.9 Å². The van der Waals surface area contributed by atoms with Gasteiger partial charge in [-0.3, -0.25) is 9.59 Å². The SMILES string of the molecule is Cc1c(C(=O)C(N)=O)c2c(OCC(=O)[O-])cccc2n1Cc1ccccc1-c1ccccc1.[Na+]. The number of fused-ring (bicyclic) bond motifs is 1. The van der Waals surface area contributed by atoms with Gasteiger partial charge in [-0.25, -0.2) is 0 Å². The number of nitrogens with two attached hydrogens (primary N) is 1. The second kappa shape index (κ2) is 10.7. The Kier molecular flexibility index (Phi) is 7.94. The first-order valence-electron chi connectivity index (χ1n) is 10.3. The van der Waals surface area contributed by atoms with Crippen LogP contribution < -0.4 is 45.1 Å². The van der Waals surface area contributed by atoms with Crippen LogP contribution in [0, 0.1) is 6.92 Å². The maximum Gasteiger partial charge on any atom is 1.00 e. The van der Waals surface area contributed by atoms with E-state index in [9.17, 15) is 19.5 Å². The van der Waals surface area contributed by atoms with E-state index >= 15 is 0 Å². The first-order chi connectivity index (χ1) is 15.9. The fourth-order valence-electron chi connectivity index (χ4n) is 4.08. The zero-order valence-electron chi connectivity index (χ0n) is 18.9. The molecule has 1 heterocycles. The van der Waals surface area contributed by atoms with Gasteiger partial charge in [-0.05, 0) is 35.7 Å². The molecule has 8 heteroatoms. The summed E-state index contributed by atoms with van der Waals surface area (Å²) >= 11 is 0. The van der Waals surface area contributed by atoms with Gasteiger partial charge in [-0.2, -0.15) is 0 Å². The van der Waals surface area contributed by atoms with E-state index in [-0.39, 0.29) is 40.9 Å². The summed E-state index contributed by atoms with van der Waals surface area (Å²) in [6.07, 6.45) is 0. The summed E-state index contributed by atoms with van der Waals surface area (Å²) in [6.45, 7) is 1.44. The number of carbonyl (C=O) groups excluding carboxylic acids is 3. The monoisotopic (exact) mass is 464 g/mol. The molecule has 2 N–H and O–H groups in total. The maximum absolute atomic E-state index is 12.8. The Hall–Kier alpha value is -3.39. The Morgan fingerprint density at radius 1 is 0.941 bits per heavy atom. The molecule has 1 aromatic heterocycles. The molecule has 0 saturated carbocycles. The number of ketones is 1. The smallest absolute Gasteiger partial charge is 0.546 e. The van der Waals surface area contributed by atoms with Crippen LogP contribution in [0.3, 0.4) is 0 Å². The normalized spacial score (nSPS) is 10.5. The third kappa shape index (κ3) is 4.92. The number of aliphatic carboxylic acids is 1. The van der Waals surface area contributed by atoms with E-state index in [2.05, 4.69) is 0 Å². The zero-order valence-corrected chi connectivity index (χ0v) is 20.9. The van der Waals surface area contributed by atoms with Gasteiger partial charge >= 0.3 is 29.6 Å². The number of rotatable bonds is 8. The van der Waals surface area contributed by atoms with Crippen LogP contribution >= 0.6 is 0 Å². The molecule has 0 unspecified atom stereocenters. The Labute approximate surface area is 218 Å². The number of benzene rings is 3. The number of amides is 1. The van der Waals surface area contributed by atoms with Gasteiger partial charge in [0.1, 0.15) is 12.4 Å². The van der Waals surface area contributed by atoms with Gasteiger partial charge in [0.2, 0.25) is 0 Å². The van der Waals surface area contributed by atoms with Crippen molar-refractivity contribution in [2.75, 3.05) is 6.61 Å². The summed E-state index contributed by atoms with van der Waals surface area (Å²) in [6, 6.07) is 22.9. The largest absolute Gasteiger partial charge is 1.00 e. The molecular formula is C26H21N2NaO5. The molecule has 4 rings (SSSR count). The van der Waals surface area contributed by atoms with E-state index in [1.54, 1.807) is 25.1 Å². The molecular weight excluding hydrogens is 443 g/mol. The molecule has 0 fully saturated rings. The molecule has 4 aromatic rings. The fourth-order valence-corrected chi connectivity index (χ4v) is 4.08. The standard InChI is InChI=1S/C26H22N2O5.Na/c1-16-23(25(31)26(27)32)24-20(12-7-13-21(24)33-15-22(29)30)28(16)14-18-10-5-6-11-19(18)17-8-3-2-4-9-17;/h2-13H,14-15H2,1H3,(H2,27,32)(H,29,30);/q;+1/p-1. The van der Waals surface area contributed by atoms with Gasteiger partial charge in [0.15, 0.2) is 0 Å². The number of hydrogen-bond donors (Lipinski definition) is 1. The number of hydrogen-bond acceptors (Lipinski definition) is 5. The summed E-state index contributed by atoms with van der Waals surface area (Å²) in [4.78, 5) is 35.5. The van der Waals surface area contributed by atoms with Gasteiger partial charge in [-0.15, -0.1) is 0 Å². The number of primary amides is 1. The van der Waals surface area contributed by atoms with Gasteiger partial charge in [0.05, 0.1) is 22.4 Å². The van der Waals surface area contributed by atoms with Crippen LogP contribution in [0.25, 0.3) is 22.0 Å². The van der Waals surface area contributed by atoms with Gasteiger partial charge in [-0.1, -0.05) is 60.7 Å². The Morgan fingerprint density at radius 2 is 1.62 bits per heavy atom. The molecule has 7 nitrogen and oxygen atoms in total. The van der Waals surface area contributed by atoms with Crippen molar-refractivity contribution in [1.82, 2.24) is 4.57 Å². The molecule has 166 valence electrons. The average molecular weight is 464 g/mol. The Bertz CT molecular complexity index is 1380. The summed E-state index contributed by atoms with van der Waals surface area (Å²) in [5, 5.41) is 11.3. The van der Waals surface area contributed by atoms with E-state index in [1.165, 1.54) is 0 Å². The second-order valence-corrected chi connectivity index (χ2v) is 7.57. The van der Waals surface area contributed by atoms with Crippen molar-refractivity contribution in [2.24, 2.45) is 5.73 Å². The predicted octanol–water partition coefficient (Wildman–Crippen LogP) is -0.534. The average Bonchev–Trinajstić information content (AvgIpc) is 3.09. The van der Waals surface area contributed by atoms with Crippen LogP contribution in [-0.2, 0) is 16.1 Å². The third-order valence-electron chi connectivity index (χ3n) is 5.54. The molecule has 34 heavy (non-hydrogen) atoms. The fraction of sp³-hybridized carbons (Fsp3) is 0.115. The summed E-state index contributed by atoms with van der Waals surface area (Å²) in [5.74, 6) is -3.20. The summed E-state index contributed by atoms with van der Waals surface area (Å²) < 4.78 is 7.29. The van der Waals surface area contributed by atoms with Crippen molar-refractivity contribution in [3.8, 4) is 16.9 Å². The molecule has 0 bridgehead atoms. The number of aromatic nitrogens is 1. The predicted molar refractivity (Wildman–Crippen MR) is 122 cm³/mol. The minimum absolute atomic E-state index is 0. The van der Waals surface area contributed by atoms with E-state index in [1.807, 2.05) is 59.2 Å². The Morgan fingerprint density at radius 3 is 2.29 bits per heavy atom. The van der Waals surface area contributed by atoms with Crippen molar-refractivity contribution < 1.29 is 53.8 Å². The maximum atomic E-state index is 12.8. The second-order valence-electron chi connectivity index (χ2n) is 7.57. The minimum Gasteiger partial charge on any atom is -0.546 e. The number of nitrogens with zero attached hydrogens (tertiary/aromatic N) is 1. The Balaban J connectivity index is 0.00000324. The molecule has 0 aliphatic heterocycles. The van der Waals surface area contributed by atoms with E-state index in [0.29, 0.717) is 23.1 Å². The molecule has 1 amide bonds. The summed E-state index contributed by atoms with van der Waals surface area (Å²) in [5.41, 5.74) is 9.66. The molecule has 3 aromatic carbocycles. The third-order valence-corrected chi connectivity index (χ3v) is 5.54. The van der Waals surface area contributed by atoms with Crippen molar-refractivity contribution in [1.29, 1.82) is 0 Å². The van der Waals surface area contributed by atoms with Crippen LogP contribution in [0.4, 0.5) is 0 Å². The van der Waals surface area contributed by atoms with E-state index < -0.39 is 24.3 Å². The molecule has 0 aliphatic carbocycles. The van der Waals surface area contributed by atoms with Crippen molar-refractivity contribution >= 4 is 28.6 Å². The molecule has 0 aliphatic rings. The number of Topliss-reactive ketones (excluding diaryl/α,β-unsaturated/α-hetero) is 1. The van der Waals surface area contributed by atoms with Crippen LogP contribution in [-0.4, -0.2) is 28.8 Å². The van der Waals surface area contributed by atoms with E-state index in [0.717, 1.165) is 16.7 Å². The number of carboxylic acids is 1. The first-order valence-corrected chi connectivity index (χ1v) is 10.3. The molecule has 0 saturated heterocycles. The quantitative estimate of drug-likeness (QED) is 0.214. The number of ether oxygens (including phenoxy) is 1. The topological polar surface area (TPSA) is 114 Å². The van der Waals surface area contributed by atoms with Crippen molar-refractivity contribution in [3.63, 3.8) is 0 Å². The van der Waals surface area contributed by atoms with Crippen LogP contribution in [0.15, 0.2) is 72.8 Å².